The Morgan fingerprint density at radius 3 is 3.00 bits per heavy atom. The summed E-state index contributed by atoms with van der Waals surface area (Å²) in [5.74, 6) is 0.506. The van der Waals surface area contributed by atoms with Crippen molar-refractivity contribution in [2.75, 3.05) is 6.54 Å². The van der Waals surface area contributed by atoms with E-state index in [0.717, 1.165) is 25.1 Å². The van der Waals surface area contributed by atoms with Gasteiger partial charge in [-0.2, -0.15) is 0 Å². The van der Waals surface area contributed by atoms with Gasteiger partial charge in [0.05, 0.1) is 5.69 Å². The Hall–Kier alpha value is -0.900. The Labute approximate surface area is 79.1 Å². The van der Waals surface area contributed by atoms with Gasteiger partial charge in [0.2, 0.25) is 0 Å². The van der Waals surface area contributed by atoms with Crippen LogP contribution in [0, 0.1) is 0 Å². The van der Waals surface area contributed by atoms with E-state index in [4.69, 9.17) is 5.73 Å². The third-order valence-corrected chi connectivity index (χ3v) is 2.26. The first-order valence-electron chi connectivity index (χ1n) is 4.88. The minimum absolute atomic E-state index is 0.506. The molecule has 1 aromatic rings. The van der Waals surface area contributed by atoms with Crippen LogP contribution in [0.3, 0.4) is 0 Å². The smallest absolute Gasteiger partial charge is 0.0855 e. The first-order chi connectivity index (χ1) is 6.27. The topological polar surface area (TPSA) is 56.7 Å². The number of hydrogen-bond donors (Lipinski definition) is 1. The highest BCUT2D eigenvalue weighted by atomic mass is 15.4. The van der Waals surface area contributed by atoms with Gasteiger partial charge >= 0.3 is 0 Å². The molecule has 1 rings (SSSR count). The fourth-order valence-electron chi connectivity index (χ4n) is 1.11. The Balaban J connectivity index is 2.53. The van der Waals surface area contributed by atoms with Crippen LogP contribution in [0.5, 0.6) is 0 Å². The molecule has 0 aliphatic rings. The van der Waals surface area contributed by atoms with E-state index in [9.17, 15) is 0 Å². The second-order valence-electron chi connectivity index (χ2n) is 3.36. The van der Waals surface area contributed by atoms with Gasteiger partial charge in [0.1, 0.15) is 0 Å². The van der Waals surface area contributed by atoms with E-state index >= 15 is 0 Å². The summed E-state index contributed by atoms with van der Waals surface area (Å²) in [4.78, 5) is 0. The van der Waals surface area contributed by atoms with Gasteiger partial charge < -0.3 is 5.73 Å². The average molecular weight is 182 g/mol. The molecule has 0 amide bonds. The number of aromatic nitrogens is 3. The number of nitrogens with two attached hydrogens (primary N) is 1. The molecule has 0 fully saturated rings. The van der Waals surface area contributed by atoms with Crippen LogP contribution in [0.4, 0.5) is 0 Å². The molecule has 0 radical (unpaired) electrons. The molecule has 0 bridgehead atoms. The van der Waals surface area contributed by atoms with Gasteiger partial charge in [0.25, 0.3) is 0 Å². The van der Waals surface area contributed by atoms with Gasteiger partial charge in [-0.1, -0.05) is 19.1 Å². The highest BCUT2D eigenvalue weighted by molar-refractivity contribution is 4.99. The molecule has 2 N–H and O–H groups in total. The number of aryl methyl sites for hydroxylation is 1. The summed E-state index contributed by atoms with van der Waals surface area (Å²) < 4.78 is 1.87. The molecule has 74 valence electrons. The van der Waals surface area contributed by atoms with Crippen molar-refractivity contribution < 1.29 is 0 Å². The lowest BCUT2D eigenvalue weighted by atomic mass is 10.1. The SMILES string of the molecule is CCC(C)c1cn(CCCN)nn1. The van der Waals surface area contributed by atoms with Crippen molar-refractivity contribution in [1.29, 1.82) is 0 Å². The molecule has 0 spiro atoms. The number of hydrogen-bond acceptors (Lipinski definition) is 3. The van der Waals surface area contributed by atoms with Crippen molar-refractivity contribution in [2.24, 2.45) is 5.73 Å². The minimum atomic E-state index is 0.506. The maximum atomic E-state index is 5.41. The average Bonchev–Trinajstić information content (AvgIpc) is 2.62. The molecular weight excluding hydrogens is 164 g/mol. The van der Waals surface area contributed by atoms with E-state index in [2.05, 4.69) is 24.2 Å². The summed E-state index contributed by atoms with van der Waals surface area (Å²) in [5.41, 5.74) is 6.49. The molecule has 0 aliphatic carbocycles. The molecule has 1 heterocycles. The van der Waals surface area contributed by atoms with Crippen LogP contribution in [0.25, 0.3) is 0 Å². The molecule has 1 atom stereocenters. The molecule has 4 nitrogen and oxygen atoms in total. The van der Waals surface area contributed by atoms with Gasteiger partial charge in [0.15, 0.2) is 0 Å². The predicted octanol–water partition coefficient (Wildman–Crippen LogP) is 1.14. The summed E-state index contributed by atoms with van der Waals surface area (Å²) in [5, 5.41) is 8.15. The van der Waals surface area contributed by atoms with Crippen molar-refractivity contribution in [3.8, 4) is 0 Å². The van der Waals surface area contributed by atoms with E-state index in [1.54, 1.807) is 0 Å². The summed E-state index contributed by atoms with van der Waals surface area (Å²) in [7, 11) is 0. The lowest BCUT2D eigenvalue weighted by Gasteiger charge is -2.01. The van der Waals surface area contributed by atoms with Gasteiger partial charge in [-0.05, 0) is 19.4 Å². The van der Waals surface area contributed by atoms with Crippen LogP contribution < -0.4 is 5.73 Å². The van der Waals surface area contributed by atoms with Crippen LogP contribution in [0.15, 0.2) is 6.20 Å². The molecule has 1 aromatic heterocycles. The van der Waals surface area contributed by atoms with E-state index in [-0.39, 0.29) is 0 Å². The van der Waals surface area contributed by atoms with Gasteiger partial charge in [0, 0.05) is 18.7 Å². The number of nitrogens with zero attached hydrogens (tertiary/aromatic N) is 3. The fraction of sp³-hybridized carbons (Fsp3) is 0.778. The van der Waals surface area contributed by atoms with Crippen LogP contribution in [0.1, 0.15) is 38.3 Å². The highest BCUT2D eigenvalue weighted by Crippen LogP contribution is 2.14. The van der Waals surface area contributed by atoms with E-state index in [0.29, 0.717) is 12.5 Å². The summed E-state index contributed by atoms with van der Waals surface area (Å²) in [6, 6.07) is 0. The largest absolute Gasteiger partial charge is 0.330 e. The Morgan fingerprint density at radius 2 is 2.38 bits per heavy atom. The third kappa shape index (κ3) is 2.81. The van der Waals surface area contributed by atoms with Gasteiger partial charge in [-0.15, -0.1) is 5.10 Å². The van der Waals surface area contributed by atoms with Gasteiger partial charge in [-0.3, -0.25) is 4.68 Å². The maximum Gasteiger partial charge on any atom is 0.0855 e. The fourth-order valence-corrected chi connectivity index (χ4v) is 1.11. The quantitative estimate of drug-likeness (QED) is 0.743. The Bertz CT molecular complexity index is 244. The molecule has 0 aliphatic heterocycles. The zero-order valence-corrected chi connectivity index (χ0v) is 8.40. The molecule has 0 saturated carbocycles. The second-order valence-corrected chi connectivity index (χ2v) is 3.36. The standard InChI is InChI=1S/C9H18N4/c1-3-8(2)9-7-13(12-11-9)6-4-5-10/h7-8H,3-6,10H2,1-2H3. The van der Waals surface area contributed by atoms with Crippen LogP contribution in [0.2, 0.25) is 0 Å². The zero-order chi connectivity index (χ0) is 9.68. The van der Waals surface area contributed by atoms with Crippen LogP contribution >= 0.6 is 0 Å². The summed E-state index contributed by atoms with van der Waals surface area (Å²) in [6.45, 7) is 5.90. The molecule has 0 aromatic carbocycles. The lowest BCUT2D eigenvalue weighted by Crippen LogP contribution is -2.06. The third-order valence-electron chi connectivity index (χ3n) is 2.26. The molecule has 0 saturated heterocycles. The van der Waals surface area contributed by atoms with E-state index in [1.165, 1.54) is 0 Å². The Morgan fingerprint density at radius 1 is 1.62 bits per heavy atom. The second kappa shape index (κ2) is 4.97. The molecule has 1 unspecified atom stereocenters. The van der Waals surface area contributed by atoms with Gasteiger partial charge in [-0.25, -0.2) is 0 Å². The first kappa shape index (κ1) is 10.2. The van der Waals surface area contributed by atoms with Crippen molar-refractivity contribution in [1.82, 2.24) is 15.0 Å². The monoisotopic (exact) mass is 182 g/mol. The van der Waals surface area contributed by atoms with Crippen LogP contribution in [-0.4, -0.2) is 21.5 Å². The molecular formula is C9H18N4. The normalized spacial score (nSPS) is 13.2. The lowest BCUT2D eigenvalue weighted by molar-refractivity contribution is 0.564. The predicted molar refractivity (Wildman–Crippen MR) is 52.4 cm³/mol. The molecule has 4 heteroatoms. The number of rotatable bonds is 5. The van der Waals surface area contributed by atoms with Crippen molar-refractivity contribution in [2.45, 2.75) is 39.2 Å². The van der Waals surface area contributed by atoms with E-state index < -0.39 is 0 Å². The maximum absolute atomic E-state index is 5.41. The minimum Gasteiger partial charge on any atom is -0.330 e. The zero-order valence-electron chi connectivity index (χ0n) is 8.40. The van der Waals surface area contributed by atoms with E-state index in [1.807, 2.05) is 10.9 Å². The van der Waals surface area contributed by atoms with Crippen molar-refractivity contribution in [3.63, 3.8) is 0 Å². The van der Waals surface area contributed by atoms with Crippen LogP contribution in [-0.2, 0) is 6.54 Å². The van der Waals surface area contributed by atoms with Crippen molar-refractivity contribution >= 4 is 0 Å². The summed E-state index contributed by atoms with van der Waals surface area (Å²) in [6.07, 6.45) is 4.09. The van der Waals surface area contributed by atoms with Crippen molar-refractivity contribution in [3.05, 3.63) is 11.9 Å². The Kier molecular flexibility index (Phi) is 3.89. The highest BCUT2D eigenvalue weighted by Gasteiger charge is 2.06. The first-order valence-corrected chi connectivity index (χ1v) is 4.88. The summed E-state index contributed by atoms with van der Waals surface area (Å²) >= 11 is 0. The molecule has 13 heavy (non-hydrogen) atoms.